The summed E-state index contributed by atoms with van der Waals surface area (Å²) in [6, 6.07) is -2.11. The number of hydrogen-bond acceptors (Lipinski definition) is 24. The first kappa shape index (κ1) is 90.3. The van der Waals surface area contributed by atoms with Crippen molar-refractivity contribution in [1.29, 1.82) is 10.8 Å². The second-order valence-electron chi connectivity index (χ2n) is 25.5. The number of phenols is 2. The molecule has 0 bridgehead atoms. The number of ether oxygens (including phenoxy) is 3. The predicted octanol–water partition coefficient (Wildman–Crippen LogP) is -7.86. The van der Waals surface area contributed by atoms with Crippen LogP contribution >= 0.6 is 0 Å². The molecular formula is C67H104N20O22. The van der Waals surface area contributed by atoms with E-state index in [1.807, 2.05) is 0 Å². The fourth-order valence-corrected chi connectivity index (χ4v) is 11.0. The summed E-state index contributed by atoms with van der Waals surface area (Å²) in [6.07, 6.45) is -4.48. The van der Waals surface area contributed by atoms with Crippen LogP contribution in [-0.2, 0) is 94.2 Å². The predicted molar refractivity (Wildman–Crippen MR) is 385 cm³/mol. The molecule has 2 aliphatic heterocycles. The van der Waals surface area contributed by atoms with E-state index in [-0.39, 0.29) is 166 Å². The molecule has 12 amide bonds. The van der Waals surface area contributed by atoms with Crippen LogP contribution < -0.4 is 97.0 Å². The molecule has 2 aliphatic rings. The minimum Gasteiger partial charge on any atom is -0.508 e. The summed E-state index contributed by atoms with van der Waals surface area (Å²) in [5.74, 6) is -14.6. The highest BCUT2D eigenvalue weighted by Gasteiger charge is 2.36. The Morgan fingerprint density at radius 1 is 0.477 bits per heavy atom. The van der Waals surface area contributed by atoms with Crippen molar-refractivity contribution in [3.8, 4) is 11.5 Å². The van der Waals surface area contributed by atoms with Crippen molar-refractivity contribution in [2.24, 2.45) is 17.2 Å². The normalized spacial score (nSPS) is 20.9. The van der Waals surface area contributed by atoms with Crippen LogP contribution in [0.25, 0.3) is 0 Å². The van der Waals surface area contributed by atoms with Gasteiger partial charge in [0.05, 0.1) is 71.0 Å². The first-order valence-corrected chi connectivity index (χ1v) is 35.5. The lowest BCUT2D eigenvalue weighted by atomic mass is 10.0. The van der Waals surface area contributed by atoms with Crippen LogP contribution in [0.1, 0.15) is 101 Å². The van der Waals surface area contributed by atoms with E-state index in [4.69, 9.17) is 42.2 Å². The maximum Gasteiger partial charge on any atom is 0.305 e. The first-order valence-electron chi connectivity index (χ1n) is 35.5. The molecule has 42 nitrogen and oxygen atoms in total. The highest BCUT2D eigenvalue weighted by atomic mass is 16.5. The van der Waals surface area contributed by atoms with E-state index < -0.39 is 176 Å². The van der Waals surface area contributed by atoms with Crippen LogP contribution in [0.4, 0.5) is 0 Å². The van der Waals surface area contributed by atoms with Gasteiger partial charge in [0.25, 0.3) is 0 Å². The van der Waals surface area contributed by atoms with Gasteiger partial charge < -0.3 is 131 Å². The summed E-state index contributed by atoms with van der Waals surface area (Å²) in [4.78, 5) is 189. The molecule has 1 unspecified atom stereocenters. The van der Waals surface area contributed by atoms with E-state index in [0.717, 1.165) is 0 Å². The molecule has 0 aromatic heterocycles. The number of aliphatic hydroxyl groups is 1. The number of aliphatic carboxylic acids is 2. The highest BCUT2D eigenvalue weighted by Crippen LogP contribution is 2.17. The number of carbonyl (C=O) groups is 14. The van der Waals surface area contributed by atoms with Crippen molar-refractivity contribution in [3.63, 3.8) is 0 Å². The average Bonchev–Trinajstić information content (AvgIpc) is 1.85. The molecule has 4 rings (SSSR count). The third kappa shape index (κ3) is 37.3. The lowest BCUT2D eigenvalue weighted by molar-refractivity contribution is -0.141. The number of hydrogen-bond donors (Lipinski definition) is 25. The van der Waals surface area contributed by atoms with Crippen molar-refractivity contribution in [1.82, 2.24) is 79.8 Å². The summed E-state index contributed by atoms with van der Waals surface area (Å²) < 4.78 is 16.2. The molecule has 2 aromatic rings. The van der Waals surface area contributed by atoms with Crippen molar-refractivity contribution < 1.29 is 107 Å². The Bertz CT molecular complexity index is 3380. The highest BCUT2D eigenvalue weighted by molar-refractivity contribution is 5.99. The number of amides is 12. The fourth-order valence-electron chi connectivity index (χ4n) is 11.0. The van der Waals surface area contributed by atoms with Gasteiger partial charge in [0.2, 0.25) is 70.9 Å². The van der Waals surface area contributed by atoms with E-state index in [9.17, 15) is 92.7 Å². The molecule has 604 valence electrons. The molecule has 10 atom stereocenters. The molecule has 2 fully saturated rings. The van der Waals surface area contributed by atoms with Crippen LogP contribution in [0.5, 0.6) is 11.5 Å². The zero-order chi connectivity index (χ0) is 80.2. The summed E-state index contributed by atoms with van der Waals surface area (Å²) in [7, 11) is 0. The molecule has 2 heterocycles. The number of carboxylic acids is 2. The summed E-state index contributed by atoms with van der Waals surface area (Å²) in [5, 5.41) is 104. The SMILES string of the molecule is N=C(N)NCCC[C@@H]1NC(=O)[C@H](CCCCNC(=O)CC[C@H](NC(=O)COCCOCCOCCN)C(=O)NCCCC[C@@H]2NC(O)[C@@H](Cc3ccc(O)cc3)NC(=O)[C@H](CC(=O)O)NC(=O)CNC(=O)[C@H](CCCNC(=N)N)NC2=O)NC(=O)[C@@H](Cc2ccc(O)cc2)NC(=O)[C@H](CC(=O)O)NC(=O)CNC1=O. The van der Waals surface area contributed by atoms with Crippen LogP contribution in [0.15, 0.2) is 48.5 Å². The van der Waals surface area contributed by atoms with Gasteiger partial charge in [0.15, 0.2) is 11.9 Å². The number of phenolic OH excluding ortho intramolecular Hbond substituents is 2. The number of benzene rings is 2. The van der Waals surface area contributed by atoms with Gasteiger partial charge in [-0.3, -0.25) is 83.3 Å². The minimum absolute atomic E-state index is 0.0334. The Hall–Kier alpha value is -11.1. The topological polar surface area (TPSA) is 674 Å². The molecule has 0 radical (unpaired) electrons. The quantitative estimate of drug-likeness (QED) is 0.0167. The van der Waals surface area contributed by atoms with Gasteiger partial charge in [-0.15, -0.1) is 0 Å². The number of nitrogens with one attached hydrogen (secondary N) is 17. The molecule has 28 N–H and O–H groups in total. The van der Waals surface area contributed by atoms with E-state index in [2.05, 4.69) is 79.8 Å². The number of aliphatic hydroxyl groups excluding tert-OH is 1. The molecule has 2 saturated heterocycles. The summed E-state index contributed by atoms with van der Waals surface area (Å²) >= 11 is 0. The number of aromatic hydroxyl groups is 2. The van der Waals surface area contributed by atoms with Crippen LogP contribution in [-0.4, -0.2) is 266 Å². The molecule has 0 aliphatic carbocycles. The smallest absolute Gasteiger partial charge is 0.305 e. The Balaban J connectivity index is 1.53. The van der Waals surface area contributed by atoms with Gasteiger partial charge in [-0.1, -0.05) is 24.3 Å². The zero-order valence-electron chi connectivity index (χ0n) is 60.3. The number of nitrogens with two attached hydrogens (primary N) is 3. The second kappa shape index (κ2) is 49.7. The summed E-state index contributed by atoms with van der Waals surface area (Å²) in [6.45, 7) is -0.883. The molecule has 2 aromatic carbocycles. The largest absolute Gasteiger partial charge is 0.508 e. The minimum atomic E-state index is -1.82. The third-order valence-electron chi connectivity index (χ3n) is 16.6. The number of carbonyl (C=O) groups excluding carboxylic acids is 12. The van der Waals surface area contributed by atoms with Crippen LogP contribution in [0, 0.1) is 10.8 Å². The van der Waals surface area contributed by atoms with Crippen molar-refractivity contribution in [2.45, 2.75) is 163 Å². The van der Waals surface area contributed by atoms with Crippen molar-refractivity contribution >= 4 is 94.7 Å². The lowest BCUT2D eigenvalue weighted by Crippen LogP contribution is -2.60. The molecule has 42 heteroatoms. The van der Waals surface area contributed by atoms with Gasteiger partial charge in [0.1, 0.15) is 66.6 Å². The first-order chi connectivity index (χ1) is 52.0. The van der Waals surface area contributed by atoms with Crippen molar-refractivity contribution in [3.05, 3.63) is 59.7 Å². The number of unbranched alkanes of at least 4 members (excludes halogenated alkanes) is 2. The Morgan fingerprint density at radius 2 is 0.890 bits per heavy atom. The van der Waals surface area contributed by atoms with E-state index in [1.165, 1.54) is 48.5 Å². The number of guanidine groups is 2. The Morgan fingerprint density at radius 3 is 1.39 bits per heavy atom. The third-order valence-corrected chi connectivity index (χ3v) is 16.6. The standard InChI is InChI=1S/C67H104N20O22/c68-21-26-107-27-28-108-29-30-109-37-54(93)79-46(57(98)74-23-4-2-8-45-61(102)83-43(10-6-25-76-67(71)72)59(100)78-36-53(92)81-50(34-56(96)97)65(106)87-48(63(104)85-45)32-39-13-17-41(89)18-14-39)19-20-51(90)73-22-3-1-7-44-60(101)82-42(9-5-24-75-66(69)70)58(99)77-35-52(91)80-49(33-55(94)95)64(105)86-47(62(103)84-44)31-38-11-15-40(88)16-12-38/h11-18,42-50,63,85,88-89,104H,1-10,19-37,68H2,(H,73,90)(H,74,98)(H,77,99)(H,78,100)(H,79,93)(H,80,91)(H,81,92)(H,82,101)(H,83,102)(H,84,103)(H,86,105)(H,87,106)(H,94,95)(H,96,97)(H4,69,70,75)(H4,71,72,76)/t42-,43-,44-,45-,46-,47+,48+,49-,50-,63?/m0/s1. The molecule has 0 saturated carbocycles. The Labute approximate surface area is 627 Å². The van der Waals surface area contributed by atoms with Gasteiger partial charge in [-0.25, -0.2) is 0 Å². The average molecular weight is 1540 g/mol. The van der Waals surface area contributed by atoms with E-state index in [1.54, 1.807) is 0 Å². The maximum absolute atomic E-state index is 14.4. The fraction of sp³-hybridized carbons (Fsp3) is 0.582. The zero-order valence-corrected chi connectivity index (χ0v) is 60.3. The molecule has 109 heavy (non-hydrogen) atoms. The van der Waals surface area contributed by atoms with Crippen molar-refractivity contribution in [2.75, 3.05) is 85.5 Å². The lowest BCUT2D eigenvalue weighted by Gasteiger charge is -2.30. The van der Waals surface area contributed by atoms with E-state index in [0.29, 0.717) is 24.3 Å². The van der Waals surface area contributed by atoms with Gasteiger partial charge in [-0.2, -0.15) is 0 Å². The van der Waals surface area contributed by atoms with Gasteiger partial charge in [0, 0.05) is 45.6 Å². The van der Waals surface area contributed by atoms with Gasteiger partial charge in [-0.05, 0) is 112 Å². The monoisotopic (exact) mass is 1540 g/mol. The molecule has 0 spiro atoms. The number of carboxylic acid groups (broad SMARTS) is 2. The second-order valence-corrected chi connectivity index (χ2v) is 25.5. The van der Waals surface area contributed by atoms with E-state index >= 15 is 0 Å². The maximum atomic E-state index is 14.4. The van der Waals surface area contributed by atoms with Gasteiger partial charge >= 0.3 is 11.9 Å². The summed E-state index contributed by atoms with van der Waals surface area (Å²) in [5.41, 5.74) is 17.1. The van der Waals surface area contributed by atoms with Crippen LogP contribution in [0.2, 0.25) is 0 Å². The van der Waals surface area contributed by atoms with Crippen LogP contribution in [0.3, 0.4) is 0 Å². The molecular weight excluding hydrogens is 1440 g/mol. The number of rotatable bonds is 41. The Kier molecular flexibility index (Phi) is 41.2.